The average molecular weight is 346 g/mol. The topological polar surface area (TPSA) is 67.4 Å². The zero-order chi connectivity index (χ0) is 17.4. The minimum Gasteiger partial charge on any atom is -0.484 e. The molecule has 1 unspecified atom stereocenters. The van der Waals surface area contributed by atoms with Crippen LogP contribution in [0.3, 0.4) is 0 Å². The second-order valence-corrected chi connectivity index (χ2v) is 6.66. The Morgan fingerprint density at radius 2 is 1.83 bits per heavy atom. The van der Waals surface area contributed by atoms with Crippen LogP contribution >= 0.6 is 11.3 Å². The van der Waals surface area contributed by atoms with Crippen molar-refractivity contribution < 1.29 is 14.3 Å². The van der Waals surface area contributed by atoms with Crippen LogP contribution in [0.25, 0.3) is 0 Å². The number of amides is 2. The Morgan fingerprint density at radius 1 is 1.08 bits per heavy atom. The van der Waals surface area contributed by atoms with Crippen molar-refractivity contribution in [2.24, 2.45) is 5.92 Å². The van der Waals surface area contributed by atoms with E-state index in [1.807, 2.05) is 35.7 Å². The van der Waals surface area contributed by atoms with Gasteiger partial charge in [-0.05, 0) is 29.5 Å². The van der Waals surface area contributed by atoms with Crippen molar-refractivity contribution in [3.05, 3.63) is 52.7 Å². The Bertz CT molecular complexity index is 642. The van der Waals surface area contributed by atoms with Crippen LogP contribution in [0.15, 0.2) is 47.8 Å². The Balaban J connectivity index is 1.74. The Labute approximate surface area is 146 Å². The van der Waals surface area contributed by atoms with Gasteiger partial charge in [-0.15, -0.1) is 11.3 Å². The smallest absolute Gasteiger partial charge is 0.258 e. The average Bonchev–Trinajstić information content (AvgIpc) is 3.10. The molecular formula is C18H22N2O3S. The highest BCUT2D eigenvalue weighted by Gasteiger charge is 2.19. The molecule has 2 N–H and O–H groups in total. The molecule has 1 heterocycles. The Morgan fingerprint density at radius 3 is 2.46 bits per heavy atom. The van der Waals surface area contributed by atoms with Gasteiger partial charge < -0.3 is 15.4 Å². The van der Waals surface area contributed by atoms with Gasteiger partial charge in [-0.25, -0.2) is 0 Å². The van der Waals surface area contributed by atoms with Crippen LogP contribution in [-0.2, 0) is 9.59 Å². The molecule has 0 saturated carbocycles. The number of para-hydroxylation sites is 1. The predicted octanol–water partition coefficient (Wildman–Crippen LogP) is 2.76. The third-order valence-electron chi connectivity index (χ3n) is 3.39. The predicted molar refractivity (Wildman–Crippen MR) is 95.0 cm³/mol. The van der Waals surface area contributed by atoms with Crippen molar-refractivity contribution in [1.82, 2.24) is 10.6 Å². The lowest BCUT2D eigenvalue weighted by Crippen LogP contribution is -2.41. The monoisotopic (exact) mass is 346 g/mol. The summed E-state index contributed by atoms with van der Waals surface area (Å²) in [4.78, 5) is 24.9. The molecule has 1 aromatic heterocycles. The molecule has 24 heavy (non-hydrogen) atoms. The molecule has 5 nitrogen and oxygen atoms in total. The summed E-state index contributed by atoms with van der Waals surface area (Å²) in [7, 11) is 0. The van der Waals surface area contributed by atoms with Gasteiger partial charge in [0.1, 0.15) is 5.75 Å². The van der Waals surface area contributed by atoms with Gasteiger partial charge >= 0.3 is 0 Å². The number of benzene rings is 1. The van der Waals surface area contributed by atoms with Crippen LogP contribution in [0.4, 0.5) is 0 Å². The molecule has 1 aromatic carbocycles. The fourth-order valence-corrected chi connectivity index (χ4v) is 3.10. The van der Waals surface area contributed by atoms with E-state index in [1.165, 1.54) is 0 Å². The maximum atomic E-state index is 12.1. The fourth-order valence-electron chi connectivity index (χ4n) is 2.15. The highest BCUT2D eigenvalue weighted by Crippen LogP contribution is 2.25. The van der Waals surface area contributed by atoms with E-state index in [1.54, 1.807) is 23.5 Å². The van der Waals surface area contributed by atoms with Gasteiger partial charge in [0.25, 0.3) is 5.91 Å². The Kier molecular flexibility index (Phi) is 6.81. The molecule has 0 aliphatic carbocycles. The summed E-state index contributed by atoms with van der Waals surface area (Å²) in [6.07, 6.45) is 0. The molecule has 0 fully saturated rings. The van der Waals surface area contributed by atoms with Crippen molar-refractivity contribution in [2.75, 3.05) is 13.2 Å². The second-order valence-electron chi connectivity index (χ2n) is 5.68. The SMILES string of the molecule is CC(C)C(NC(=O)CNC(=O)COc1ccccc1)c1cccs1. The van der Waals surface area contributed by atoms with Gasteiger partial charge in [0.05, 0.1) is 12.6 Å². The molecule has 1 atom stereocenters. The molecule has 0 radical (unpaired) electrons. The number of hydrogen-bond acceptors (Lipinski definition) is 4. The largest absolute Gasteiger partial charge is 0.484 e. The van der Waals surface area contributed by atoms with Crippen LogP contribution in [0, 0.1) is 5.92 Å². The van der Waals surface area contributed by atoms with Crippen LogP contribution in [0.5, 0.6) is 5.75 Å². The zero-order valence-electron chi connectivity index (χ0n) is 13.8. The van der Waals surface area contributed by atoms with Gasteiger partial charge in [0.15, 0.2) is 6.61 Å². The van der Waals surface area contributed by atoms with Gasteiger partial charge in [0, 0.05) is 4.88 Å². The van der Waals surface area contributed by atoms with E-state index in [-0.39, 0.29) is 36.9 Å². The number of ether oxygens (including phenoxy) is 1. The number of hydrogen-bond donors (Lipinski definition) is 2. The van der Waals surface area contributed by atoms with E-state index in [4.69, 9.17) is 4.74 Å². The summed E-state index contributed by atoms with van der Waals surface area (Å²) in [5, 5.41) is 7.52. The van der Waals surface area contributed by atoms with Crippen molar-refractivity contribution in [2.45, 2.75) is 19.9 Å². The quantitative estimate of drug-likeness (QED) is 0.772. The lowest BCUT2D eigenvalue weighted by Gasteiger charge is -2.21. The van der Waals surface area contributed by atoms with Crippen LogP contribution in [-0.4, -0.2) is 25.0 Å². The number of carbonyl (C=O) groups excluding carboxylic acids is 2. The van der Waals surface area contributed by atoms with Crippen molar-refractivity contribution in [3.63, 3.8) is 0 Å². The number of carbonyl (C=O) groups is 2. The third kappa shape index (κ3) is 5.70. The summed E-state index contributed by atoms with van der Waals surface area (Å²) in [6, 6.07) is 13.0. The van der Waals surface area contributed by atoms with E-state index >= 15 is 0 Å². The molecule has 6 heteroatoms. The van der Waals surface area contributed by atoms with Crippen molar-refractivity contribution in [1.29, 1.82) is 0 Å². The number of thiophene rings is 1. The van der Waals surface area contributed by atoms with Crippen LogP contribution in [0.2, 0.25) is 0 Å². The van der Waals surface area contributed by atoms with Crippen molar-refractivity contribution in [3.8, 4) is 5.75 Å². The highest BCUT2D eigenvalue weighted by molar-refractivity contribution is 7.10. The minimum absolute atomic E-state index is 0.0463. The van der Waals surface area contributed by atoms with Gasteiger partial charge in [0.2, 0.25) is 5.91 Å². The van der Waals surface area contributed by atoms with E-state index in [2.05, 4.69) is 24.5 Å². The van der Waals surface area contributed by atoms with Gasteiger partial charge in [-0.1, -0.05) is 38.1 Å². The van der Waals surface area contributed by atoms with Crippen LogP contribution in [0.1, 0.15) is 24.8 Å². The minimum atomic E-state index is -0.328. The summed E-state index contributed by atoms with van der Waals surface area (Å²) in [6.45, 7) is 3.93. The standard InChI is InChI=1S/C18H22N2O3S/c1-13(2)18(15-9-6-10-24-15)20-16(21)11-19-17(22)12-23-14-7-4-3-5-8-14/h3-10,13,18H,11-12H2,1-2H3,(H,19,22)(H,20,21). The zero-order valence-corrected chi connectivity index (χ0v) is 14.6. The number of nitrogens with one attached hydrogen (secondary N) is 2. The van der Waals surface area contributed by atoms with Crippen molar-refractivity contribution >= 4 is 23.2 Å². The lowest BCUT2D eigenvalue weighted by molar-refractivity contribution is -0.127. The summed E-state index contributed by atoms with van der Waals surface area (Å²) in [5.74, 6) is 0.348. The second kappa shape index (κ2) is 9.08. The maximum Gasteiger partial charge on any atom is 0.258 e. The molecule has 128 valence electrons. The first-order chi connectivity index (χ1) is 11.6. The van der Waals surface area contributed by atoms with Gasteiger partial charge in [-0.2, -0.15) is 0 Å². The van der Waals surface area contributed by atoms with Gasteiger partial charge in [-0.3, -0.25) is 9.59 Å². The first kappa shape index (κ1) is 18.0. The summed E-state index contributed by atoms with van der Waals surface area (Å²) < 4.78 is 5.34. The first-order valence-electron chi connectivity index (χ1n) is 7.83. The van der Waals surface area contributed by atoms with E-state index in [9.17, 15) is 9.59 Å². The summed E-state index contributed by atoms with van der Waals surface area (Å²) >= 11 is 1.61. The number of rotatable bonds is 8. The molecule has 2 rings (SSSR count). The molecule has 0 spiro atoms. The molecule has 0 aliphatic rings. The Hall–Kier alpha value is -2.34. The van der Waals surface area contributed by atoms with Crippen LogP contribution < -0.4 is 15.4 Å². The van der Waals surface area contributed by atoms with E-state index in [0.717, 1.165) is 4.88 Å². The molecule has 0 bridgehead atoms. The normalized spacial score (nSPS) is 11.8. The lowest BCUT2D eigenvalue weighted by atomic mass is 10.0. The summed E-state index contributed by atoms with van der Waals surface area (Å²) in [5.41, 5.74) is 0. The fraction of sp³-hybridized carbons (Fsp3) is 0.333. The molecule has 2 aromatic rings. The third-order valence-corrected chi connectivity index (χ3v) is 4.35. The molecule has 0 aliphatic heterocycles. The molecular weight excluding hydrogens is 324 g/mol. The molecule has 2 amide bonds. The molecule has 0 saturated heterocycles. The highest BCUT2D eigenvalue weighted by atomic mass is 32.1. The maximum absolute atomic E-state index is 12.1. The van der Waals surface area contributed by atoms with E-state index < -0.39 is 0 Å². The first-order valence-corrected chi connectivity index (χ1v) is 8.71. The van der Waals surface area contributed by atoms with E-state index in [0.29, 0.717) is 5.75 Å².